The van der Waals surface area contributed by atoms with Gasteiger partial charge in [-0.2, -0.15) is 0 Å². The van der Waals surface area contributed by atoms with Crippen molar-refractivity contribution in [3.63, 3.8) is 0 Å². The Balaban J connectivity index is 1.69. The fraction of sp³-hybridized carbons (Fsp3) is 0.438. The zero-order valence-electron chi connectivity index (χ0n) is 11.1. The van der Waals surface area contributed by atoms with Gasteiger partial charge >= 0.3 is 0 Å². The summed E-state index contributed by atoms with van der Waals surface area (Å²) in [4.78, 5) is 8.04. The number of nitrogens with zero attached hydrogens (tertiary/aromatic N) is 1. The molecule has 2 aromatic rings. The van der Waals surface area contributed by atoms with Gasteiger partial charge in [-0.1, -0.05) is 12.1 Å². The Labute approximate surface area is 113 Å². The third-order valence-corrected chi connectivity index (χ3v) is 4.73. The molecule has 3 heteroatoms. The van der Waals surface area contributed by atoms with E-state index in [0.717, 1.165) is 11.5 Å². The minimum Gasteiger partial charge on any atom is -0.342 e. The second-order valence-electron chi connectivity index (χ2n) is 5.97. The molecule has 1 heterocycles. The molecule has 98 valence electrons. The minimum absolute atomic E-state index is 0.148. The lowest BCUT2D eigenvalue weighted by atomic mass is 10.0. The van der Waals surface area contributed by atoms with Crippen molar-refractivity contribution in [2.24, 2.45) is 5.73 Å². The summed E-state index contributed by atoms with van der Waals surface area (Å²) in [5.41, 5.74) is 11.4. The molecule has 1 saturated carbocycles. The first kappa shape index (κ1) is 11.2. The minimum atomic E-state index is 0.148. The lowest BCUT2D eigenvalue weighted by Gasteiger charge is -2.08. The van der Waals surface area contributed by atoms with E-state index in [1.807, 2.05) is 6.20 Å². The van der Waals surface area contributed by atoms with Crippen LogP contribution in [-0.2, 0) is 18.3 Å². The van der Waals surface area contributed by atoms with E-state index in [-0.39, 0.29) is 5.41 Å². The Bertz CT molecular complexity index is 623. The third kappa shape index (κ3) is 1.72. The topological polar surface area (TPSA) is 54.7 Å². The van der Waals surface area contributed by atoms with Crippen LogP contribution in [0.1, 0.15) is 36.2 Å². The van der Waals surface area contributed by atoms with E-state index in [1.165, 1.54) is 48.8 Å². The van der Waals surface area contributed by atoms with Crippen molar-refractivity contribution in [1.29, 1.82) is 0 Å². The standard InChI is InChI=1S/C16H19N3/c17-10-16(6-7-16)15-18-9-14(19-15)13-5-4-11-2-1-3-12(11)8-13/h4-5,8-9H,1-3,6-7,10,17H2,(H,18,19). The van der Waals surface area contributed by atoms with Gasteiger partial charge in [-0.15, -0.1) is 0 Å². The number of benzene rings is 1. The van der Waals surface area contributed by atoms with Crippen molar-refractivity contribution in [1.82, 2.24) is 9.97 Å². The summed E-state index contributed by atoms with van der Waals surface area (Å²) in [6, 6.07) is 6.80. The number of imidazole rings is 1. The fourth-order valence-electron chi connectivity index (χ4n) is 3.17. The fourth-order valence-corrected chi connectivity index (χ4v) is 3.17. The molecule has 0 unspecified atom stereocenters. The number of aromatic nitrogens is 2. The van der Waals surface area contributed by atoms with Gasteiger partial charge in [0, 0.05) is 12.0 Å². The second kappa shape index (κ2) is 3.94. The predicted molar refractivity (Wildman–Crippen MR) is 76.0 cm³/mol. The van der Waals surface area contributed by atoms with Gasteiger partial charge in [-0.3, -0.25) is 0 Å². The maximum atomic E-state index is 5.86. The van der Waals surface area contributed by atoms with E-state index in [0.29, 0.717) is 6.54 Å². The molecule has 0 atom stereocenters. The number of fused-ring (bicyclic) bond motifs is 1. The number of nitrogens with two attached hydrogens (primary N) is 1. The quantitative estimate of drug-likeness (QED) is 0.883. The van der Waals surface area contributed by atoms with Crippen LogP contribution in [0.15, 0.2) is 24.4 Å². The van der Waals surface area contributed by atoms with Gasteiger partial charge in [-0.25, -0.2) is 4.98 Å². The number of H-pyrrole nitrogens is 1. The van der Waals surface area contributed by atoms with Crippen molar-refractivity contribution in [3.8, 4) is 11.3 Å². The van der Waals surface area contributed by atoms with Crippen LogP contribution in [0.5, 0.6) is 0 Å². The highest BCUT2D eigenvalue weighted by molar-refractivity contribution is 5.61. The molecule has 0 amide bonds. The van der Waals surface area contributed by atoms with Gasteiger partial charge in [0.25, 0.3) is 0 Å². The molecular weight excluding hydrogens is 234 g/mol. The molecule has 4 rings (SSSR count). The summed E-state index contributed by atoms with van der Waals surface area (Å²) in [6.45, 7) is 0.699. The van der Waals surface area contributed by atoms with E-state index in [1.54, 1.807) is 0 Å². The van der Waals surface area contributed by atoms with E-state index in [4.69, 9.17) is 5.73 Å². The Morgan fingerprint density at radius 2 is 2.05 bits per heavy atom. The first-order valence-electron chi connectivity index (χ1n) is 7.18. The van der Waals surface area contributed by atoms with E-state index in [9.17, 15) is 0 Å². The summed E-state index contributed by atoms with van der Waals surface area (Å²) < 4.78 is 0. The monoisotopic (exact) mass is 253 g/mol. The van der Waals surface area contributed by atoms with Crippen LogP contribution in [0.3, 0.4) is 0 Å². The number of nitrogens with one attached hydrogen (secondary N) is 1. The van der Waals surface area contributed by atoms with Crippen molar-refractivity contribution < 1.29 is 0 Å². The van der Waals surface area contributed by atoms with Crippen LogP contribution in [0.2, 0.25) is 0 Å². The number of hydrogen-bond acceptors (Lipinski definition) is 2. The van der Waals surface area contributed by atoms with Crippen LogP contribution in [-0.4, -0.2) is 16.5 Å². The normalized spacial score (nSPS) is 19.4. The maximum absolute atomic E-state index is 5.86. The molecule has 2 aliphatic rings. The molecule has 0 radical (unpaired) electrons. The molecule has 0 saturated heterocycles. The molecule has 2 aliphatic carbocycles. The molecule has 1 fully saturated rings. The van der Waals surface area contributed by atoms with Crippen LogP contribution >= 0.6 is 0 Å². The summed E-state index contributed by atoms with van der Waals surface area (Å²) in [6.07, 6.45) is 8.04. The first-order chi connectivity index (χ1) is 9.31. The lowest BCUT2D eigenvalue weighted by molar-refractivity contribution is 0.659. The number of hydrogen-bond donors (Lipinski definition) is 2. The Hall–Kier alpha value is -1.61. The molecular formula is C16H19N3. The van der Waals surface area contributed by atoms with Gasteiger partial charge < -0.3 is 10.7 Å². The van der Waals surface area contributed by atoms with Gasteiger partial charge in [-0.05, 0) is 54.9 Å². The van der Waals surface area contributed by atoms with E-state index in [2.05, 4.69) is 28.2 Å². The van der Waals surface area contributed by atoms with E-state index >= 15 is 0 Å². The number of rotatable bonds is 3. The van der Waals surface area contributed by atoms with E-state index < -0.39 is 0 Å². The Morgan fingerprint density at radius 1 is 1.21 bits per heavy atom. The maximum Gasteiger partial charge on any atom is 0.114 e. The van der Waals surface area contributed by atoms with Crippen molar-refractivity contribution in [2.75, 3.05) is 6.54 Å². The summed E-state index contributed by atoms with van der Waals surface area (Å²) in [5, 5.41) is 0. The van der Waals surface area contributed by atoms with Gasteiger partial charge in [0.15, 0.2) is 0 Å². The zero-order chi connectivity index (χ0) is 12.9. The lowest BCUT2D eigenvalue weighted by Crippen LogP contribution is -2.21. The predicted octanol–water partition coefficient (Wildman–Crippen LogP) is 2.56. The smallest absolute Gasteiger partial charge is 0.114 e. The van der Waals surface area contributed by atoms with Crippen molar-refractivity contribution in [3.05, 3.63) is 41.3 Å². The molecule has 0 spiro atoms. The Morgan fingerprint density at radius 3 is 2.84 bits per heavy atom. The Kier molecular flexibility index (Phi) is 2.33. The molecule has 3 N–H and O–H groups in total. The summed E-state index contributed by atoms with van der Waals surface area (Å²) in [5.74, 6) is 1.07. The highest BCUT2D eigenvalue weighted by atomic mass is 15.0. The third-order valence-electron chi connectivity index (χ3n) is 4.73. The number of aromatic amines is 1. The first-order valence-corrected chi connectivity index (χ1v) is 7.18. The highest BCUT2D eigenvalue weighted by Crippen LogP contribution is 2.46. The van der Waals surface area contributed by atoms with Crippen LogP contribution < -0.4 is 5.73 Å². The van der Waals surface area contributed by atoms with Gasteiger partial charge in [0.1, 0.15) is 5.82 Å². The SMILES string of the molecule is NCC1(c2ncc(-c3ccc4c(c3)CCC4)[nH]2)CC1. The average molecular weight is 253 g/mol. The molecule has 19 heavy (non-hydrogen) atoms. The van der Waals surface area contributed by atoms with Crippen LogP contribution in [0, 0.1) is 0 Å². The molecule has 0 aliphatic heterocycles. The summed E-state index contributed by atoms with van der Waals surface area (Å²) >= 11 is 0. The van der Waals surface area contributed by atoms with Crippen molar-refractivity contribution in [2.45, 2.75) is 37.5 Å². The van der Waals surface area contributed by atoms with Crippen LogP contribution in [0.4, 0.5) is 0 Å². The van der Waals surface area contributed by atoms with Crippen LogP contribution in [0.25, 0.3) is 11.3 Å². The molecule has 1 aromatic heterocycles. The molecule has 0 bridgehead atoms. The average Bonchev–Trinajstić information content (AvgIpc) is 2.90. The van der Waals surface area contributed by atoms with Crippen molar-refractivity contribution >= 4 is 0 Å². The highest BCUT2D eigenvalue weighted by Gasteiger charge is 2.45. The summed E-state index contributed by atoms with van der Waals surface area (Å²) in [7, 11) is 0. The molecule has 3 nitrogen and oxygen atoms in total. The zero-order valence-corrected chi connectivity index (χ0v) is 11.1. The second-order valence-corrected chi connectivity index (χ2v) is 5.97. The number of aryl methyl sites for hydroxylation is 2. The largest absolute Gasteiger partial charge is 0.342 e. The van der Waals surface area contributed by atoms with Gasteiger partial charge in [0.05, 0.1) is 11.9 Å². The molecule has 1 aromatic carbocycles. The van der Waals surface area contributed by atoms with Gasteiger partial charge in [0.2, 0.25) is 0 Å².